The minimum atomic E-state index is -4.83. The Morgan fingerprint density at radius 2 is 1.90 bits per heavy atom. The van der Waals surface area contributed by atoms with Crippen LogP contribution < -0.4 is 14.4 Å². The molecule has 4 fully saturated rings. The molecule has 5 aliphatic heterocycles. The van der Waals surface area contributed by atoms with Crippen molar-refractivity contribution in [1.29, 1.82) is 0 Å². The molecule has 4 atom stereocenters. The van der Waals surface area contributed by atoms with Gasteiger partial charge in [0.25, 0.3) is 0 Å². The number of pyridine rings is 2. The number of aromatic nitrogens is 4. The predicted molar refractivity (Wildman–Crippen MR) is 180 cm³/mol. The average Bonchev–Trinajstić information content (AvgIpc) is 3.68. The number of rotatable bonds is 5. The van der Waals surface area contributed by atoms with Crippen molar-refractivity contribution in [2.45, 2.75) is 101 Å². The van der Waals surface area contributed by atoms with E-state index in [-0.39, 0.29) is 47.5 Å². The summed E-state index contributed by atoms with van der Waals surface area (Å²) in [6, 6.07) is 3.16. The molecule has 0 saturated carbocycles. The van der Waals surface area contributed by atoms with Crippen molar-refractivity contribution >= 4 is 27.5 Å². The van der Waals surface area contributed by atoms with Crippen molar-refractivity contribution in [3.8, 4) is 23.0 Å². The van der Waals surface area contributed by atoms with Crippen LogP contribution in [0.3, 0.4) is 0 Å². The molecule has 0 aliphatic carbocycles. The second kappa shape index (κ2) is 12.4. The third-order valence-corrected chi connectivity index (χ3v) is 11.7. The molecule has 0 amide bonds. The minimum absolute atomic E-state index is 0.0333. The maximum absolute atomic E-state index is 17.4. The lowest BCUT2D eigenvalue weighted by Gasteiger charge is -2.32. The van der Waals surface area contributed by atoms with E-state index in [4.69, 9.17) is 14.2 Å². The predicted octanol–water partition coefficient (Wildman–Crippen LogP) is 7.91. The van der Waals surface area contributed by atoms with E-state index in [0.717, 1.165) is 57.9 Å². The summed E-state index contributed by atoms with van der Waals surface area (Å²) in [7, 11) is 0. The first-order chi connectivity index (χ1) is 24.6. The quantitative estimate of drug-likeness (QED) is 0.193. The van der Waals surface area contributed by atoms with E-state index in [9.17, 15) is 4.39 Å². The number of halogens is 5. The number of nitrogens with zero attached hydrogens (tertiary/aromatic N) is 6. The smallest absolute Gasteiger partial charge is 0.417 e. The molecule has 2 unspecified atom stereocenters. The minimum Gasteiger partial charge on any atom is -0.476 e. The summed E-state index contributed by atoms with van der Waals surface area (Å²) in [5.41, 5.74) is -1.60. The van der Waals surface area contributed by atoms with Gasteiger partial charge >= 0.3 is 6.18 Å². The Morgan fingerprint density at radius 3 is 2.73 bits per heavy atom. The summed E-state index contributed by atoms with van der Waals surface area (Å²) >= 11 is 0. The lowest BCUT2D eigenvalue weighted by Crippen LogP contribution is -2.43. The normalized spacial score (nSPS) is 26.9. The molecule has 0 radical (unpaired) electrons. The summed E-state index contributed by atoms with van der Waals surface area (Å²) in [4.78, 5) is 13.6. The van der Waals surface area contributed by atoms with Crippen LogP contribution in [0, 0.1) is 12.7 Å². The molecule has 0 spiro atoms. The van der Waals surface area contributed by atoms with E-state index in [2.05, 4.69) is 24.9 Å². The van der Waals surface area contributed by atoms with Gasteiger partial charge in [-0.15, -0.1) is 0 Å². The van der Waals surface area contributed by atoms with Crippen LogP contribution in [0.2, 0.25) is 0 Å². The van der Waals surface area contributed by atoms with Gasteiger partial charge in [0.15, 0.2) is 12.0 Å². The number of alkyl halides is 4. The highest BCUT2D eigenvalue weighted by molar-refractivity contribution is 6.03. The molecule has 3 aromatic heterocycles. The molecule has 51 heavy (non-hydrogen) atoms. The Morgan fingerprint density at radius 1 is 1.04 bits per heavy atom. The lowest BCUT2D eigenvalue weighted by atomic mass is 9.94. The molecule has 14 heteroatoms. The van der Waals surface area contributed by atoms with Gasteiger partial charge in [-0.25, -0.2) is 23.4 Å². The number of fused-ring (bicyclic) bond motifs is 4. The van der Waals surface area contributed by atoms with Crippen LogP contribution in [-0.2, 0) is 10.9 Å². The molecule has 5 aliphatic rings. The highest BCUT2D eigenvalue weighted by Gasteiger charge is 2.49. The van der Waals surface area contributed by atoms with Crippen LogP contribution in [-0.4, -0.2) is 81.9 Å². The van der Waals surface area contributed by atoms with Gasteiger partial charge in [-0.3, -0.25) is 4.90 Å². The number of hydrogen-bond acceptors (Lipinski definition) is 8. The average molecular weight is 713 g/mol. The number of anilines is 1. The highest BCUT2D eigenvalue weighted by atomic mass is 19.4. The number of hydrogen-bond donors (Lipinski definition) is 0. The first-order valence-electron chi connectivity index (χ1n) is 18.3. The van der Waals surface area contributed by atoms with Gasteiger partial charge < -0.3 is 19.1 Å². The highest BCUT2D eigenvalue weighted by Crippen LogP contribution is 2.49. The van der Waals surface area contributed by atoms with Crippen molar-refractivity contribution in [2.24, 2.45) is 0 Å². The third-order valence-electron chi connectivity index (χ3n) is 11.7. The summed E-state index contributed by atoms with van der Waals surface area (Å²) in [5, 5.41) is 4.90. The lowest BCUT2D eigenvalue weighted by molar-refractivity contribution is -0.137. The van der Waals surface area contributed by atoms with Crippen molar-refractivity contribution in [3.63, 3.8) is 0 Å². The second-order valence-corrected chi connectivity index (χ2v) is 14.9. The fourth-order valence-corrected chi connectivity index (χ4v) is 9.34. The molecule has 9 rings (SSSR count). The zero-order chi connectivity index (χ0) is 35.1. The SMILES string of the molecule is Cc1cc2c(cnn2C2CCCCO2)c(-c2nc3c4c(cc(OC[C@@]56CCCN5C[C@H](F)C6)nc4c2F)N2CCCCCC2CO3)c1C(F)(F)F. The van der Waals surface area contributed by atoms with Gasteiger partial charge in [-0.05, 0) is 70.0 Å². The maximum atomic E-state index is 17.4. The van der Waals surface area contributed by atoms with Gasteiger partial charge in [-0.1, -0.05) is 12.8 Å². The van der Waals surface area contributed by atoms with Gasteiger partial charge in [0.1, 0.15) is 30.6 Å². The molecule has 0 bridgehead atoms. The largest absolute Gasteiger partial charge is 0.476 e. The number of benzene rings is 1. The number of aryl methyl sites for hydroxylation is 1. The van der Waals surface area contributed by atoms with E-state index in [1.807, 2.05) is 0 Å². The summed E-state index contributed by atoms with van der Waals surface area (Å²) in [6.45, 7) is 4.14. The fraction of sp³-hybridized carbons (Fsp3) is 0.595. The van der Waals surface area contributed by atoms with E-state index in [0.29, 0.717) is 49.1 Å². The van der Waals surface area contributed by atoms with Gasteiger partial charge in [0.2, 0.25) is 11.8 Å². The van der Waals surface area contributed by atoms with E-state index in [1.54, 1.807) is 10.7 Å². The zero-order valence-corrected chi connectivity index (χ0v) is 28.6. The summed E-state index contributed by atoms with van der Waals surface area (Å²) < 4.78 is 97.3. The van der Waals surface area contributed by atoms with Gasteiger partial charge in [-0.2, -0.15) is 18.3 Å². The first-order valence-corrected chi connectivity index (χ1v) is 18.3. The molecule has 4 saturated heterocycles. The van der Waals surface area contributed by atoms with E-state index < -0.39 is 46.8 Å². The molecule has 272 valence electrons. The van der Waals surface area contributed by atoms with Crippen molar-refractivity contribution < 1.29 is 36.2 Å². The van der Waals surface area contributed by atoms with Crippen molar-refractivity contribution in [3.05, 3.63) is 35.3 Å². The Bertz CT molecular complexity index is 2000. The standard InChI is InChI=1S/C37H41F5N6O3/c1-21-14-25-24(17-43-48(25)28-9-4-6-13-49-28)29(31(21)37(40,41)42)33-32(39)34-30-26(47-12-5-2-3-8-23(47)19-50-35(30)45-33)15-27(44-34)51-20-36-10-7-11-46(36)18-22(38)16-36/h14-15,17,22-23,28H,2-13,16,18-20H2,1H3/t22-,23?,28?,36+/m1/s1. The molecule has 4 aromatic rings. The van der Waals surface area contributed by atoms with Crippen molar-refractivity contribution in [2.75, 3.05) is 44.4 Å². The van der Waals surface area contributed by atoms with Crippen molar-refractivity contribution in [1.82, 2.24) is 24.6 Å². The Kier molecular flexibility index (Phi) is 8.06. The maximum Gasteiger partial charge on any atom is 0.417 e. The Balaban J connectivity index is 1.25. The second-order valence-electron chi connectivity index (χ2n) is 14.9. The molecule has 0 N–H and O–H groups in total. The summed E-state index contributed by atoms with van der Waals surface area (Å²) in [6.07, 6.45) is 3.39. The molecular weight excluding hydrogens is 671 g/mol. The monoisotopic (exact) mass is 712 g/mol. The van der Waals surface area contributed by atoms with Crippen LogP contribution in [0.5, 0.6) is 11.8 Å². The zero-order valence-electron chi connectivity index (χ0n) is 28.6. The van der Waals surface area contributed by atoms with Gasteiger partial charge in [0.05, 0.1) is 39.9 Å². The van der Waals surface area contributed by atoms with E-state index >= 15 is 17.6 Å². The Hall–Kier alpha value is -3.78. The van der Waals surface area contributed by atoms with Crippen LogP contribution >= 0.6 is 0 Å². The molecule has 1 aromatic carbocycles. The van der Waals surface area contributed by atoms with Gasteiger partial charge in [0, 0.05) is 43.1 Å². The van der Waals surface area contributed by atoms with Crippen LogP contribution in [0.25, 0.3) is 33.1 Å². The van der Waals surface area contributed by atoms with Crippen LogP contribution in [0.4, 0.5) is 27.6 Å². The van der Waals surface area contributed by atoms with E-state index in [1.165, 1.54) is 19.2 Å². The topological polar surface area (TPSA) is 77.8 Å². The first kappa shape index (κ1) is 33.1. The molecule has 8 heterocycles. The number of ether oxygens (including phenoxy) is 3. The molecule has 9 nitrogen and oxygen atoms in total. The van der Waals surface area contributed by atoms with Crippen LogP contribution in [0.1, 0.15) is 81.6 Å². The van der Waals surface area contributed by atoms with Crippen LogP contribution in [0.15, 0.2) is 18.3 Å². The fourth-order valence-electron chi connectivity index (χ4n) is 9.34. The Labute approximate surface area is 292 Å². The third kappa shape index (κ3) is 5.50. The molecular formula is C37H41F5N6O3. The summed E-state index contributed by atoms with van der Waals surface area (Å²) in [5.74, 6) is -0.826.